The average Bonchev–Trinajstić information content (AvgIpc) is 3.11. The molecule has 2 aromatic heterocycles. The quantitative estimate of drug-likeness (QED) is 0.414. The number of carbonyl (C=O) groups excluding carboxylic acids is 2. The van der Waals surface area contributed by atoms with Crippen LogP contribution in [-0.2, 0) is 4.79 Å². The third kappa shape index (κ3) is 4.04. The van der Waals surface area contributed by atoms with E-state index in [1.54, 1.807) is 12.3 Å². The summed E-state index contributed by atoms with van der Waals surface area (Å²) in [6.45, 7) is 3.31. The molecule has 0 spiro atoms. The molecule has 0 fully saturated rings. The first-order valence-corrected chi connectivity index (χ1v) is 9.72. The molecule has 2 aromatic carbocycles. The lowest BCUT2D eigenvalue weighted by atomic mass is 10.1. The van der Waals surface area contributed by atoms with Crippen LogP contribution in [0.4, 0.5) is 11.4 Å². The number of nitrogens with one attached hydrogen (secondary N) is 3. The first-order chi connectivity index (χ1) is 14.4. The van der Waals surface area contributed by atoms with Crippen molar-refractivity contribution < 1.29 is 9.59 Å². The van der Waals surface area contributed by atoms with E-state index in [1.807, 2.05) is 55.5 Å². The van der Waals surface area contributed by atoms with Crippen molar-refractivity contribution in [1.29, 1.82) is 0 Å². The number of carbonyl (C=O) groups is 2. The van der Waals surface area contributed by atoms with Gasteiger partial charge in [-0.1, -0.05) is 35.9 Å². The first kappa shape index (κ1) is 19.7. The topological polar surface area (TPSA) is 86.9 Å². The Bertz CT molecular complexity index is 1260. The molecule has 0 aliphatic heterocycles. The Morgan fingerprint density at radius 2 is 1.80 bits per heavy atom. The molecular weight excluding hydrogens is 400 g/mol. The number of anilines is 2. The van der Waals surface area contributed by atoms with Gasteiger partial charge in [0.25, 0.3) is 5.91 Å². The van der Waals surface area contributed by atoms with E-state index >= 15 is 0 Å². The molecule has 0 saturated carbocycles. The molecule has 7 heteroatoms. The molecule has 4 rings (SSSR count). The van der Waals surface area contributed by atoms with Gasteiger partial charge in [0.05, 0.1) is 22.5 Å². The smallest absolute Gasteiger partial charge is 0.257 e. The van der Waals surface area contributed by atoms with E-state index in [9.17, 15) is 9.59 Å². The summed E-state index contributed by atoms with van der Waals surface area (Å²) in [6, 6.07) is 16.7. The molecule has 0 atom stereocenters. The minimum Gasteiger partial charge on any atom is -0.339 e. The van der Waals surface area contributed by atoms with Crippen molar-refractivity contribution in [2.75, 3.05) is 10.6 Å². The summed E-state index contributed by atoms with van der Waals surface area (Å²) in [7, 11) is 0. The number of hydrogen-bond acceptors (Lipinski definition) is 3. The highest BCUT2D eigenvalue weighted by Gasteiger charge is 2.14. The number of halogens is 1. The van der Waals surface area contributed by atoms with Crippen molar-refractivity contribution in [2.45, 2.75) is 13.8 Å². The summed E-state index contributed by atoms with van der Waals surface area (Å²) in [5.41, 5.74) is 5.01. The molecule has 0 radical (unpaired) electrons. The molecule has 150 valence electrons. The number of pyridine rings is 1. The second-order valence-electron chi connectivity index (χ2n) is 6.99. The maximum Gasteiger partial charge on any atom is 0.257 e. The molecular formula is C23H19ClN4O2. The highest BCUT2D eigenvalue weighted by Crippen LogP contribution is 2.27. The van der Waals surface area contributed by atoms with Gasteiger partial charge in [-0.15, -0.1) is 0 Å². The van der Waals surface area contributed by atoms with Crippen LogP contribution in [0, 0.1) is 6.92 Å². The zero-order valence-corrected chi connectivity index (χ0v) is 17.2. The standard InChI is InChI=1S/C23H19ClN4O2/c1-13-5-3-8-19(24)21(13)23(30)27-18-10-16-11-20(28-22(16)25-12-18)15-6-4-7-17(9-15)26-14(2)29/h3-12H,1-2H3,(H,25,28)(H,26,29)(H,27,30). The summed E-state index contributed by atoms with van der Waals surface area (Å²) in [4.78, 5) is 31.7. The van der Waals surface area contributed by atoms with Crippen LogP contribution in [0.2, 0.25) is 5.02 Å². The first-order valence-electron chi connectivity index (χ1n) is 9.34. The van der Waals surface area contributed by atoms with Crippen LogP contribution in [0.3, 0.4) is 0 Å². The van der Waals surface area contributed by atoms with Crippen molar-refractivity contribution in [3.8, 4) is 11.3 Å². The Labute approximate surface area is 178 Å². The molecule has 0 saturated heterocycles. The van der Waals surface area contributed by atoms with Crippen LogP contribution in [-0.4, -0.2) is 21.8 Å². The second kappa shape index (κ2) is 8.00. The van der Waals surface area contributed by atoms with Crippen LogP contribution >= 0.6 is 11.6 Å². The fraction of sp³-hybridized carbons (Fsp3) is 0.0870. The molecule has 2 heterocycles. The van der Waals surface area contributed by atoms with Crippen LogP contribution in [0.15, 0.2) is 60.8 Å². The number of aromatic nitrogens is 2. The van der Waals surface area contributed by atoms with Gasteiger partial charge in [0.2, 0.25) is 5.91 Å². The average molecular weight is 419 g/mol. The predicted molar refractivity (Wildman–Crippen MR) is 120 cm³/mol. The number of aromatic amines is 1. The van der Waals surface area contributed by atoms with Crippen LogP contribution in [0.1, 0.15) is 22.8 Å². The van der Waals surface area contributed by atoms with Gasteiger partial charge in [0.1, 0.15) is 5.65 Å². The lowest BCUT2D eigenvalue weighted by Gasteiger charge is -2.09. The number of aryl methyl sites for hydroxylation is 1. The number of H-pyrrole nitrogens is 1. The fourth-order valence-corrected chi connectivity index (χ4v) is 3.63. The van der Waals surface area contributed by atoms with Gasteiger partial charge < -0.3 is 15.6 Å². The van der Waals surface area contributed by atoms with Gasteiger partial charge in [-0.2, -0.15) is 0 Å². The van der Waals surface area contributed by atoms with E-state index < -0.39 is 0 Å². The van der Waals surface area contributed by atoms with Crippen molar-refractivity contribution in [2.24, 2.45) is 0 Å². The fourth-order valence-electron chi connectivity index (χ4n) is 3.32. The summed E-state index contributed by atoms with van der Waals surface area (Å²) in [5.74, 6) is -0.405. The molecule has 3 N–H and O–H groups in total. The Morgan fingerprint density at radius 3 is 2.57 bits per heavy atom. The lowest BCUT2D eigenvalue weighted by Crippen LogP contribution is -2.14. The predicted octanol–water partition coefficient (Wildman–Crippen LogP) is 5.40. The molecule has 4 aromatic rings. The number of nitrogens with zero attached hydrogens (tertiary/aromatic N) is 1. The van der Waals surface area contributed by atoms with E-state index in [2.05, 4.69) is 20.6 Å². The molecule has 0 bridgehead atoms. The lowest BCUT2D eigenvalue weighted by molar-refractivity contribution is -0.114. The van der Waals surface area contributed by atoms with E-state index in [4.69, 9.17) is 11.6 Å². The van der Waals surface area contributed by atoms with Gasteiger partial charge >= 0.3 is 0 Å². The number of benzene rings is 2. The molecule has 30 heavy (non-hydrogen) atoms. The molecule has 0 aliphatic carbocycles. The summed E-state index contributed by atoms with van der Waals surface area (Å²) >= 11 is 6.19. The van der Waals surface area contributed by atoms with Crippen LogP contribution in [0.5, 0.6) is 0 Å². The molecule has 0 aliphatic rings. The second-order valence-corrected chi connectivity index (χ2v) is 7.40. The Morgan fingerprint density at radius 1 is 1.00 bits per heavy atom. The third-order valence-electron chi connectivity index (χ3n) is 4.67. The van der Waals surface area contributed by atoms with Gasteiger partial charge in [-0.25, -0.2) is 4.98 Å². The van der Waals surface area contributed by atoms with E-state index in [0.29, 0.717) is 21.9 Å². The Kier molecular flexibility index (Phi) is 5.25. The maximum atomic E-state index is 12.7. The minimum absolute atomic E-state index is 0.125. The highest BCUT2D eigenvalue weighted by molar-refractivity contribution is 6.34. The van der Waals surface area contributed by atoms with Crippen LogP contribution < -0.4 is 10.6 Å². The van der Waals surface area contributed by atoms with E-state index in [-0.39, 0.29) is 11.8 Å². The normalized spacial score (nSPS) is 10.8. The summed E-state index contributed by atoms with van der Waals surface area (Å²) in [6.07, 6.45) is 1.60. The van der Waals surface area contributed by atoms with Gasteiger partial charge in [0.15, 0.2) is 0 Å². The third-order valence-corrected chi connectivity index (χ3v) is 4.99. The number of fused-ring (bicyclic) bond motifs is 1. The highest BCUT2D eigenvalue weighted by atomic mass is 35.5. The van der Waals surface area contributed by atoms with Gasteiger partial charge in [-0.3, -0.25) is 9.59 Å². The Balaban J connectivity index is 1.62. The monoisotopic (exact) mass is 418 g/mol. The molecule has 6 nitrogen and oxygen atoms in total. The van der Waals surface area contributed by atoms with Crippen LogP contribution in [0.25, 0.3) is 22.3 Å². The minimum atomic E-state index is -0.280. The molecule has 2 amide bonds. The largest absolute Gasteiger partial charge is 0.339 e. The zero-order chi connectivity index (χ0) is 21.3. The van der Waals surface area contributed by atoms with Crippen molar-refractivity contribution >= 4 is 45.8 Å². The van der Waals surface area contributed by atoms with Gasteiger partial charge in [0, 0.05) is 29.3 Å². The SMILES string of the molecule is CC(=O)Nc1cccc(-c2cc3cc(NC(=O)c4c(C)cccc4Cl)cnc3[nH]2)c1. The van der Waals surface area contributed by atoms with Crippen molar-refractivity contribution in [3.63, 3.8) is 0 Å². The van der Waals surface area contributed by atoms with Crippen molar-refractivity contribution in [3.05, 3.63) is 76.9 Å². The Hall–Kier alpha value is -3.64. The number of rotatable bonds is 4. The van der Waals surface area contributed by atoms with Crippen molar-refractivity contribution in [1.82, 2.24) is 9.97 Å². The van der Waals surface area contributed by atoms with E-state index in [0.717, 1.165) is 27.9 Å². The van der Waals surface area contributed by atoms with E-state index in [1.165, 1.54) is 6.92 Å². The van der Waals surface area contributed by atoms with Gasteiger partial charge in [-0.05, 0) is 42.8 Å². The molecule has 0 unspecified atom stereocenters. The number of amides is 2. The number of hydrogen-bond donors (Lipinski definition) is 3. The maximum absolute atomic E-state index is 12.7. The summed E-state index contributed by atoms with van der Waals surface area (Å²) < 4.78 is 0. The zero-order valence-electron chi connectivity index (χ0n) is 16.4. The summed E-state index contributed by atoms with van der Waals surface area (Å²) in [5, 5.41) is 6.90.